The van der Waals surface area contributed by atoms with Crippen LogP contribution in [-0.4, -0.2) is 97.6 Å². The second-order valence-electron chi connectivity index (χ2n) is 2.29. The largest absolute Gasteiger partial charge is 3.00 e. The van der Waals surface area contributed by atoms with Crippen LogP contribution >= 0.6 is 0 Å². The molecule has 0 aromatic carbocycles. The Balaban J connectivity index is -0.00000000755. The summed E-state index contributed by atoms with van der Waals surface area (Å²) in [5.41, 5.74) is -0.708. The molecule has 0 heterocycles. The molecule has 0 fully saturated rings. The Morgan fingerprint density at radius 2 is 0.654 bits per heavy atom. The Morgan fingerprint density at radius 3 is 0.654 bits per heavy atom. The topological polar surface area (TPSA) is 176 Å². The molecule has 0 aromatic rings. The first-order valence-corrected chi connectivity index (χ1v) is 4.77. The van der Waals surface area contributed by atoms with Gasteiger partial charge in [0.2, 0.25) is 0 Å². The van der Waals surface area contributed by atoms with Gasteiger partial charge in [0.25, 0.3) is 0 Å². The first-order chi connectivity index (χ1) is 9.68. The Hall–Kier alpha value is 1.20. The van der Waals surface area contributed by atoms with E-state index < -0.39 is 5.41 Å². The number of carbonyl (C=O) groups excluding carboxylic acids is 2. The molecule has 26 heavy (non-hydrogen) atoms. The summed E-state index contributed by atoms with van der Waals surface area (Å²) in [5, 5.41) is 53.4. The van der Waals surface area contributed by atoms with Crippen molar-refractivity contribution in [1.82, 2.24) is 0 Å². The summed E-state index contributed by atoms with van der Waals surface area (Å²) in [7, 11) is 4.00. The van der Waals surface area contributed by atoms with Gasteiger partial charge >= 0.3 is 21.7 Å². The first kappa shape index (κ1) is 92.6. The van der Waals surface area contributed by atoms with E-state index in [1.807, 2.05) is 0 Å². The fourth-order valence-corrected chi connectivity index (χ4v) is 0.150. The van der Waals surface area contributed by atoms with Crippen molar-refractivity contribution in [2.24, 2.45) is 5.41 Å². The second kappa shape index (κ2) is 160. The molecule has 0 atom stereocenters. The van der Waals surface area contributed by atoms with Crippen molar-refractivity contribution in [2.45, 2.75) is 6.92 Å². The summed E-state index contributed by atoms with van der Waals surface area (Å²) in [4.78, 5) is 15.5. The summed E-state index contributed by atoms with van der Waals surface area (Å²) < 4.78 is 0. The van der Waals surface area contributed by atoms with Crippen LogP contribution in [0, 0.1) is 27.7 Å². The molecular weight excluding hydrogens is 456 g/mol. The minimum atomic E-state index is -0.708. The standard InChI is InChI=1S/C5H12O3.4CH4O.2CHO.3CH3.3Ti/c1-5(2-6,3-7)4-8;6*1-2;;;;;;/h6-8H,2-4H2,1H3;4*2H,1H3;2*1H;3*1H3;;;/q;;;;;5*-1;;;+3. The third-order valence-electron chi connectivity index (χ3n) is 1.15. The molecule has 0 rings (SSSR count). The van der Waals surface area contributed by atoms with E-state index in [1.165, 1.54) is 0 Å². The van der Waals surface area contributed by atoms with Gasteiger partial charge in [0.1, 0.15) is 0 Å². The summed E-state index contributed by atoms with van der Waals surface area (Å²) in [5.74, 6) is 0. The Morgan fingerprint density at radius 1 is 0.577 bits per heavy atom. The molecule has 0 saturated carbocycles. The van der Waals surface area contributed by atoms with Crippen molar-refractivity contribution < 1.29 is 110 Å². The van der Waals surface area contributed by atoms with E-state index in [9.17, 15) is 0 Å². The molecule has 0 aliphatic carbocycles. The summed E-state index contributed by atoms with van der Waals surface area (Å²) in [6.07, 6.45) is 0. The van der Waals surface area contributed by atoms with Crippen molar-refractivity contribution in [3.63, 3.8) is 0 Å². The summed E-state index contributed by atoms with van der Waals surface area (Å²) >= 11 is 0. The van der Waals surface area contributed by atoms with Gasteiger partial charge in [-0.2, -0.15) is 0 Å². The SMILES string of the molecule is CC(CO)(CO)CO.CO.CO.CO.CO.[CH-]=O.[CH-]=O.[CH3-].[CH3-].[CH3-].[Ti+3].[Ti].[Ti]. The Bertz CT molecular complexity index is 95.5. The summed E-state index contributed by atoms with van der Waals surface area (Å²) in [6, 6.07) is 0. The predicted molar refractivity (Wildman–Crippen MR) is 94.7 cm³/mol. The average molecular weight is 495 g/mol. The minimum Gasteiger partial charge on any atom is -0.545 e. The van der Waals surface area contributed by atoms with Gasteiger partial charge in [-0.1, -0.05) is 6.92 Å². The Labute approximate surface area is 205 Å². The number of rotatable bonds is 3. The smallest absolute Gasteiger partial charge is 0.545 e. The molecule has 1 radical (unpaired) electrons. The molecule has 0 bridgehead atoms. The molecule has 0 aromatic heterocycles. The molecule has 0 aliphatic heterocycles. The van der Waals surface area contributed by atoms with Crippen LogP contribution in [-0.2, 0) is 74.7 Å². The van der Waals surface area contributed by atoms with E-state index in [-0.39, 0.29) is 107 Å². The summed E-state index contributed by atoms with van der Waals surface area (Å²) in [6.45, 7) is 7.56. The Kier molecular flexibility index (Phi) is 569. The van der Waals surface area contributed by atoms with E-state index in [4.69, 9.17) is 45.3 Å². The van der Waals surface area contributed by atoms with Gasteiger partial charge in [-0.3, -0.25) is 13.6 Å². The molecule has 9 nitrogen and oxygen atoms in total. The van der Waals surface area contributed by atoms with Crippen LogP contribution in [0.3, 0.4) is 0 Å². The number of hydrogen-bond acceptors (Lipinski definition) is 9. The molecule has 0 saturated heterocycles. The van der Waals surface area contributed by atoms with Gasteiger partial charge in [-0.05, 0) is 0 Å². The molecule has 163 valence electrons. The molecule has 0 unspecified atom stereocenters. The zero-order valence-corrected chi connectivity index (χ0v) is 21.9. The fourth-order valence-electron chi connectivity index (χ4n) is 0.150. The first-order valence-electron chi connectivity index (χ1n) is 4.77. The van der Waals surface area contributed by atoms with Gasteiger partial charge in [0.05, 0.1) is 19.8 Å². The van der Waals surface area contributed by atoms with Crippen LogP contribution in [0.15, 0.2) is 0 Å². The maximum Gasteiger partial charge on any atom is 3.00 e. The maximum absolute atomic E-state index is 8.47. The number of aliphatic hydroxyl groups is 7. The molecule has 0 amide bonds. The monoisotopic (exact) mass is 495 g/mol. The van der Waals surface area contributed by atoms with Crippen molar-refractivity contribution in [2.75, 3.05) is 48.3 Å². The normalized spacial score (nSPS) is 4.92. The van der Waals surface area contributed by atoms with Gasteiger partial charge in [0.15, 0.2) is 0 Å². The maximum atomic E-state index is 8.47. The predicted octanol–water partition coefficient (Wildman–Crippen LogP) is -1.80. The minimum absolute atomic E-state index is 0. The van der Waals surface area contributed by atoms with Crippen molar-refractivity contribution >= 4 is 13.6 Å². The van der Waals surface area contributed by atoms with Gasteiger partial charge < -0.3 is 67.6 Å². The third-order valence-corrected chi connectivity index (χ3v) is 1.15. The molecule has 12 heteroatoms. The second-order valence-corrected chi connectivity index (χ2v) is 2.29. The van der Waals surface area contributed by atoms with Gasteiger partial charge in [-0.15, -0.1) is 0 Å². The van der Waals surface area contributed by atoms with Gasteiger partial charge in [0, 0.05) is 77.3 Å². The van der Waals surface area contributed by atoms with E-state index in [2.05, 4.69) is 13.6 Å². The van der Waals surface area contributed by atoms with E-state index in [0.717, 1.165) is 28.4 Å². The average Bonchev–Trinajstić information content (AvgIpc) is 2.64. The van der Waals surface area contributed by atoms with Crippen molar-refractivity contribution in [1.29, 1.82) is 0 Å². The molecule has 0 aliphatic rings. The third kappa shape index (κ3) is 142. The quantitative estimate of drug-likeness (QED) is 0.135. The van der Waals surface area contributed by atoms with Crippen LogP contribution in [0.1, 0.15) is 6.92 Å². The van der Waals surface area contributed by atoms with Crippen molar-refractivity contribution in [3.8, 4) is 0 Å². The van der Waals surface area contributed by atoms with E-state index in [1.54, 1.807) is 6.92 Å². The van der Waals surface area contributed by atoms with Crippen LogP contribution in [0.2, 0.25) is 0 Å². The number of aliphatic hydroxyl groups excluding tert-OH is 7. The van der Waals surface area contributed by atoms with Crippen LogP contribution in [0.4, 0.5) is 0 Å². The van der Waals surface area contributed by atoms with E-state index >= 15 is 0 Å². The van der Waals surface area contributed by atoms with Crippen LogP contribution in [0.25, 0.3) is 0 Å². The fraction of sp³-hybridized carbons (Fsp3) is 0.643. The molecular formula is C14H39O9Ti3-2. The zero-order valence-electron chi connectivity index (χ0n) is 17.2. The van der Waals surface area contributed by atoms with E-state index in [0.29, 0.717) is 0 Å². The zero-order chi connectivity index (χ0) is 18.6. The molecule has 7 N–H and O–H groups in total. The number of hydrogen-bond donors (Lipinski definition) is 7. The van der Waals surface area contributed by atoms with Crippen LogP contribution < -0.4 is 0 Å². The van der Waals surface area contributed by atoms with Gasteiger partial charge in [-0.25, -0.2) is 0 Å². The molecule has 0 spiro atoms. The van der Waals surface area contributed by atoms with Crippen LogP contribution in [0.5, 0.6) is 0 Å². The van der Waals surface area contributed by atoms with Crippen molar-refractivity contribution in [3.05, 3.63) is 22.3 Å².